The fourth-order valence-corrected chi connectivity index (χ4v) is 3.36. The Morgan fingerprint density at radius 3 is 2.30 bits per heavy atom. The van der Waals surface area contributed by atoms with E-state index in [-0.39, 0.29) is 5.54 Å². The largest absolute Gasteiger partial charge is 0.497 e. The molecule has 1 heterocycles. The summed E-state index contributed by atoms with van der Waals surface area (Å²) in [5.41, 5.74) is 8.29. The molecule has 4 heteroatoms. The third-order valence-corrected chi connectivity index (χ3v) is 5.04. The molecule has 0 saturated heterocycles. The number of ether oxygens (including phenoxy) is 1. The second kappa shape index (κ2) is 5.94. The van der Waals surface area contributed by atoms with Crippen LogP contribution in [-0.2, 0) is 5.54 Å². The molecule has 0 atom stereocenters. The van der Waals surface area contributed by atoms with E-state index in [9.17, 15) is 0 Å². The first-order valence-electron chi connectivity index (χ1n) is 6.95. The molecular weight excluding hydrogens is 268 g/mol. The van der Waals surface area contributed by atoms with E-state index in [1.54, 1.807) is 18.4 Å². The van der Waals surface area contributed by atoms with Gasteiger partial charge in [0.05, 0.1) is 18.3 Å². The van der Waals surface area contributed by atoms with Gasteiger partial charge in [0.25, 0.3) is 0 Å². The molecule has 2 rings (SSSR count). The Hall–Kier alpha value is -1.39. The van der Waals surface area contributed by atoms with Crippen LogP contribution in [-0.4, -0.2) is 12.1 Å². The monoisotopic (exact) mass is 290 g/mol. The minimum absolute atomic E-state index is 0.305. The topological polar surface area (TPSA) is 48.1 Å². The molecule has 1 aromatic carbocycles. The van der Waals surface area contributed by atoms with E-state index in [2.05, 4.69) is 20.8 Å². The van der Waals surface area contributed by atoms with Gasteiger partial charge in [0, 0.05) is 10.4 Å². The normalized spacial score (nSPS) is 11.7. The minimum Gasteiger partial charge on any atom is -0.497 e. The highest BCUT2D eigenvalue weighted by Crippen LogP contribution is 2.35. The number of aryl methyl sites for hydroxylation is 1. The molecule has 0 fully saturated rings. The molecule has 20 heavy (non-hydrogen) atoms. The molecule has 0 bridgehead atoms. The SMILES string of the molecule is CCC(N)(CC)c1nc(-c2ccc(OC)cc2)c(C)s1. The zero-order chi connectivity index (χ0) is 14.8. The van der Waals surface area contributed by atoms with Gasteiger partial charge in [-0.1, -0.05) is 13.8 Å². The van der Waals surface area contributed by atoms with Gasteiger partial charge in [0.2, 0.25) is 0 Å². The minimum atomic E-state index is -0.305. The maximum atomic E-state index is 6.45. The smallest absolute Gasteiger partial charge is 0.118 e. The third-order valence-electron chi connectivity index (χ3n) is 3.85. The van der Waals surface area contributed by atoms with E-state index in [1.807, 2.05) is 24.3 Å². The Morgan fingerprint density at radius 1 is 1.20 bits per heavy atom. The van der Waals surface area contributed by atoms with Crippen LogP contribution in [0, 0.1) is 6.92 Å². The van der Waals surface area contributed by atoms with E-state index < -0.39 is 0 Å². The summed E-state index contributed by atoms with van der Waals surface area (Å²) >= 11 is 1.71. The van der Waals surface area contributed by atoms with Gasteiger partial charge in [-0.25, -0.2) is 4.98 Å². The lowest BCUT2D eigenvalue weighted by Crippen LogP contribution is -2.34. The highest BCUT2D eigenvalue weighted by Gasteiger charge is 2.27. The number of nitrogens with zero attached hydrogens (tertiary/aromatic N) is 1. The van der Waals surface area contributed by atoms with Gasteiger partial charge in [-0.3, -0.25) is 0 Å². The molecule has 0 radical (unpaired) electrons. The van der Waals surface area contributed by atoms with Gasteiger partial charge in [0.15, 0.2) is 0 Å². The Bertz CT molecular complexity index is 571. The van der Waals surface area contributed by atoms with Crippen LogP contribution >= 0.6 is 11.3 Å². The maximum Gasteiger partial charge on any atom is 0.118 e. The Kier molecular flexibility index (Phi) is 4.45. The van der Waals surface area contributed by atoms with Gasteiger partial charge < -0.3 is 10.5 Å². The average Bonchev–Trinajstić information content (AvgIpc) is 2.89. The van der Waals surface area contributed by atoms with E-state index in [1.165, 1.54) is 4.88 Å². The quantitative estimate of drug-likeness (QED) is 0.901. The molecule has 2 N–H and O–H groups in total. The highest BCUT2D eigenvalue weighted by atomic mass is 32.1. The van der Waals surface area contributed by atoms with Gasteiger partial charge in [-0.05, 0) is 44.0 Å². The number of methoxy groups -OCH3 is 1. The molecule has 0 saturated carbocycles. The predicted octanol–water partition coefficient (Wildman–Crippen LogP) is 4.10. The van der Waals surface area contributed by atoms with E-state index in [4.69, 9.17) is 15.5 Å². The first-order chi connectivity index (χ1) is 9.54. The standard InChI is InChI=1S/C16H22N2OS/c1-5-16(17,6-2)15-18-14(11(3)20-15)12-7-9-13(19-4)10-8-12/h7-10H,5-6,17H2,1-4H3. The summed E-state index contributed by atoms with van der Waals surface area (Å²) in [6, 6.07) is 8.01. The van der Waals surface area contributed by atoms with Gasteiger partial charge in [0.1, 0.15) is 10.8 Å². The molecular formula is C16H22N2OS. The number of nitrogens with two attached hydrogens (primary N) is 1. The number of rotatable bonds is 5. The third kappa shape index (κ3) is 2.72. The molecule has 0 spiro atoms. The number of hydrogen-bond donors (Lipinski definition) is 1. The molecule has 0 aliphatic heterocycles. The fraction of sp³-hybridized carbons (Fsp3) is 0.438. The van der Waals surface area contributed by atoms with Gasteiger partial charge in [-0.15, -0.1) is 11.3 Å². The summed E-state index contributed by atoms with van der Waals surface area (Å²) in [5, 5.41) is 1.03. The number of thiazole rings is 1. The summed E-state index contributed by atoms with van der Waals surface area (Å²) in [4.78, 5) is 6.01. The van der Waals surface area contributed by atoms with Crippen molar-refractivity contribution in [1.29, 1.82) is 0 Å². The summed E-state index contributed by atoms with van der Waals surface area (Å²) in [6.07, 6.45) is 1.80. The molecule has 0 aliphatic rings. The second-order valence-electron chi connectivity index (χ2n) is 5.02. The van der Waals surface area contributed by atoms with Gasteiger partial charge >= 0.3 is 0 Å². The van der Waals surface area contributed by atoms with Crippen LogP contribution in [0.2, 0.25) is 0 Å². The molecule has 3 nitrogen and oxygen atoms in total. The van der Waals surface area contributed by atoms with Crippen molar-refractivity contribution in [2.24, 2.45) is 5.73 Å². The van der Waals surface area contributed by atoms with Crippen molar-refractivity contribution in [3.63, 3.8) is 0 Å². The van der Waals surface area contributed by atoms with Crippen LogP contribution in [0.1, 0.15) is 36.6 Å². The van der Waals surface area contributed by atoms with Crippen molar-refractivity contribution in [2.75, 3.05) is 7.11 Å². The first kappa shape index (κ1) is 15.0. The van der Waals surface area contributed by atoms with Crippen molar-refractivity contribution in [3.8, 4) is 17.0 Å². The fourth-order valence-electron chi connectivity index (χ4n) is 2.18. The van der Waals surface area contributed by atoms with Crippen molar-refractivity contribution in [2.45, 2.75) is 39.2 Å². The van der Waals surface area contributed by atoms with Crippen LogP contribution in [0.4, 0.5) is 0 Å². The van der Waals surface area contributed by atoms with E-state index in [0.717, 1.165) is 34.9 Å². The van der Waals surface area contributed by atoms with Crippen molar-refractivity contribution >= 4 is 11.3 Å². The number of benzene rings is 1. The maximum absolute atomic E-state index is 6.45. The van der Waals surface area contributed by atoms with Crippen molar-refractivity contribution in [3.05, 3.63) is 34.2 Å². The number of aromatic nitrogens is 1. The average molecular weight is 290 g/mol. The summed E-state index contributed by atoms with van der Waals surface area (Å²) in [5.74, 6) is 0.858. The van der Waals surface area contributed by atoms with Crippen LogP contribution in [0.3, 0.4) is 0 Å². The molecule has 2 aromatic rings. The lowest BCUT2D eigenvalue weighted by Gasteiger charge is -2.23. The van der Waals surface area contributed by atoms with Crippen LogP contribution in [0.25, 0.3) is 11.3 Å². The van der Waals surface area contributed by atoms with Crippen LogP contribution in [0.15, 0.2) is 24.3 Å². The van der Waals surface area contributed by atoms with E-state index in [0.29, 0.717) is 0 Å². The zero-order valence-electron chi connectivity index (χ0n) is 12.6. The predicted molar refractivity (Wildman–Crippen MR) is 85.3 cm³/mol. The summed E-state index contributed by atoms with van der Waals surface area (Å²) in [6.45, 7) is 6.34. The molecule has 1 aromatic heterocycles. The Morgan fingerprint density at radius 2 is 1.80 bits per heavy atom. The van der Waals surface area contributed by atoms with Gasteiger partial charge in [-0.2, -0.15) is 0 Å². The Labute approximate surface area is 124 Å². The number of hydrogen-bond acceptors (Lipinski definition) is 4. The van der Waals surface area contributed by atoms with Crippen LogP contribution in [0.5, 0.6) is 5.75 Å². The van der Waals surface area contributed by atoms with Crippen LogP contribution < -0.4 is 10.5 Å². The molecule has 108 valence electrons. The molecule has 0 amide bonds. The highest BCUT2D eigenvalue weighted by molar-refractivity contribution is 7.12. The summed E-state index contributed by atoms with van der Waals surface area (Å²) < 4.78 is 5.19. The van der Waals surface area contributed by atoms with E-state index >= 15 is 0 Å². The summed E-state index contributed by atoms with van der Waals surface area (Å²) in [7, 11) is 1.67. The zero-order valence-corrected chi connectivity index (χ0v) is 13.4. The van der Waals surface area contributed by atoms with Crippen molar-refractivity contribution < 1.29 is 4.74 Å². The molecule has 0 unspecified atom stereocenters. The second-order valence-corrected chi connectivity index (χ2v) is 6.22. The first-order valence-corrected chi connectivity index (χ1v) is 7.77. The molecule has 0 aliphatic carbocycles. The lowest BCUT2D eigenvalue weighted by molar-refractivity contribution is 0.411. The Balaban J connectivity index is 2.40. The van der Waals surface area contributed by atoms with Crippen molar-refractivity contribution in [1.82, 2.24) is 4.98 Å². The lowest BCUT2D eigenvalue weighted by atomic mass is 9.95.